The Morgan fingerprint density at radius 3 is 2.74 bits per heavy atom. The first-order valence-electron chi connectivity index (χ1n) is 9.65. The average Bonchev–Trinajstić information content (AvgIpc) is 3.02. The second kappa shape index (κ2) is 8.54. The zero-order valence-corrected chi connectivity index (χ0v) is 17.0. The molecule has 4 heteroatoms. The number of rotatable bonds is 5. The van der Waals surface area contributed by atoms with Crippen molar-refractivity contribution in [3.63, 3.8) is 0 Å². The lowest BCUT2D eigenvalue weighted by atomic mass is 9.86. The minimum atomic E-state index is -0.190. The van der Waals surface area contributed by atoms with Gasteiger partial charge in [0.25, 0.3) is 0 Å². The van der Waals surface area contributed by atoms with E-state index >= 15 is 0 Å². The fourth-order valence-electron chi connectivity index (χ4n) is 3.53. The monoisotopic (exact) mass is 378 g/mol. The Morgan fingerprint density at radius 2 is 2.11 bits per heavy atom. The highest BCUT2D eigenvalue weighted by Crippen LogP contribution is 2.40. The molecule has 1 amide bonds. The maximum atomic E-state index is 12.4. The number of anilines is 1. The van der Waals surface area contributed by atoms with Gasteiger partial charge in [-0.05, 0) is 53.9 Å². The number of carbonyl (C=O) groups is 1. The Balaban J connectivity index is 1.71. The molecule has 0 saturated heterocycles. The molecule has 140 valence electrons. The molecule has 3 nitrogen and oxygen atoms in total. The van der Waals surface area contributed by atoms with Gasteiger partial charge in [0.1, 0.15) is 11.1 Å². The summed E-state index contributed by atoms with van der Waals surface area (Å²) >= 11 is 1.57. The molecule has 0 radical (unpaired) electrons. The van der Waals surface area contributed by atoms with E-state index in [1.165, 1.54) is 16.9 Å². The van der Waals surface area contributed by atoms with E-state index in [2.05, 4.69) is 44.3 Å². The van der Waals surface area contributed by atoms with Crippen LogP contribution in [0.5, 0.6) is 0 Å². The first kappa shape index (κ1) is 19.4. The first-order chi connectivity index (χ1) is 13.0. The van der Waals surface area contributed by atoms with Crippen molar-refractivity contribution in [2.45, 2.75) is 52.4 Å². The third kappa shape index (κ3) is 4.48. The largest absolute Gasteiger partial charge is 0.313 e. The summed E-state index contributed by atoms with van der Waals surface area (Å²) in [6, 6.07) is 10.5. The van der Waals surface area contributed by atoms with Crippen molar-refractivity contribution in [2.24, 2.45) is 5.92 Å². The third-order valence-electron chi connectivity index (χ3n) is 5.32. The topological polar surface area (TPSA) is 52.9 Å². The van der Waals surface area contributed by atoms with Crippen LogP contribution in [0.1, 0.15) is 66.7 Å². The molecule has 1 aliphatic carbocycles. The SMILES string of the molecule is CC[C@@H]1CCc2c(sc(NC(=O)/C=C/c3ccc(C(C)C)cc3)c2C#N)C1. The number of benzene rings is 1. The fraction of sp³-hybridized carbons (Fsp3) is 0.391. The van der Waals surface area contributed by atoms with Gasteiger partial charge in [-0.3, -0.25) is 4.79 Å². The van der Waals surface area contributed by atoms with Crippen LogP contribution in [-0.2, 0) is 17.6 Å². The maximum Gasteiger partial charge on any atom is 0.249 e. The summed E-state index contributed by atoms with van der Waals surface area (Å²) in [6.45, 7) is 6.54. The van der Waals surface area contributed by atoms with E-state index in [1.54, 1.807) is 17.4 Å². The molecule has 1 aromatic carbocycles. The summed E-state index contributed by atoms with van der Waals surface area (Å²) in [7, 11) is 0. The molecule has 0 unspecified atom stereocenters. The standard InChI is InChI=1S/C23H26N2OS/c1-4-16-7-11-19-20(14-24)23(27-21(19)13-16)25-22(26)12-8-17-5-9-18(10-6-17)15(2)3/h5-6,8-10,12,15-16H,4,7,11,13H2,1-3H3,(H,25,26)/b12-8+/t16-/m1/s1. The smallest absolute Gasteiger partial charge is 0.249 e. The number of hydrogen-bond donors (Lipinski definition) is 1. The molecule has 1 aliphatic rings. The van der Waals surface area contributed by atoms with Crippen LogP contribution in [0.4, 0.5) is 5.00 Å². The van der Waals surface area contributed by atoms with E-state index in [9.17, 15) is 10.1 Å². The van der Waals surface area contributed by atoms with Gasteiger partial charge < -0.3 is 5.32 Å². The Morgan fingerprint density at radius 1 is 1.37 bits per heavy atom. The van der Waals surface area contributed by atoms with Gasteiger partial charge in [-0.25, -0.2) is 0 Å². The molecule has 1 aromatic heterocycles. The van der Waals surface area contributed by atoms with Crippen molar-refractivity contribution < 1.29 is 4.79 Å². The van der Waals surface area contributed by atoms with E-state index in [-0.39, 0.29) is 5.91 Å². The van der Waals surface area contributed by atoms with Crippen molar-refractivity contribution in [3.05, 3.63) is 57.5 Å². The Bertz CT molecular complexity index is 884. The van der Waals surface area contributed by atoms with Crippen LogP contribution < -0.4 is 5.32 Å². The molecule has 1 N–H and O–H groups in total. The Kier molecular flexibility index (Phi) is 6.13. The molecule has 2 aromatic rings. The van der Waals surface area contributed by atoms with Gasteiger partial charge >= 0.3 is 0 Å². The molecule has 3 rings (SSSR count). The number of carbonyl (C=O) groups excluding carboxylic acids is 1. The zero-order valence-electron chi connectivity index (χ0n) is 16.2. The second-order valence-corrected chi connectivity index (χ2v) is 8.59. The van der Waals surface area contributed by atoms with E-state index in [0.717, 1.165) is 30.4 Å². The van der Waals surface area contributed by atoms with E-state index < -0.39 is 0 Å². The van der Waals surface area contributed by atoms with Gasteiger partial charge in [0.05, 0.1) is 5.56 Å². The van der Waals surface area contributed by atoms with Crippen molar-refractivity contribution >= 4 is 28.3 Å². The summed E-state index contributed by atoms with van der Waals surface area (Å²) in [5, 5.41) is 13.2. The minimum Gasteiger partial charge on any atom is -0.313 e. The highest BCUT2D eigenvalue weighted by atomic mass is 32.1. The van der Waals surface area contributed by atoms with Gasteiger partial charge in [-0.1, -0.05) is 51.5 Å². The van der Waals surface area contributed by atoms with E-state index in [1.807, 2.05) is 18.2 Å². The van der Waals surface area contributed by atoms with Crippen LogP contribution in [0, 0.1) is 17.2 Å². The predicted molar refractivity (Wildman–Crippen MR) is 113 cm³/mol. The highest BCUT2D eigenvalue weighted by Gasteiger charge is 2.25. The summed E-state index contributed by atoms with van der Waals surface area (Å²) in [5.74, 6) is 0.998. The minimum absolute atomic E-state index is 0.190. The summed E-state index contributed by atoms with van der Waals surface area (Å²) in [5.41, 5.74) is 4.08. The quantitative estimate of drug-likeness (QED) is 0.658. The second-order valence-electron chi connectivity index (χ2n) is 7.48. The number of fused-ring (bicyclic) bond motifs is 1. The Labute approximate surface area is 165 Å². The number of hydrogen-bond acceptors (Lipinski definition) is 3. The number of thiophene rings is 1. The first-order valence-corrected chi connectivity index (χ1v) is 10.5. The molecule has 1 atom stereocenters. The third-order valence-corrected chi connectivity index (χ3v) is 6.49. The lowest BCUT2D eigenvalue weighted by molar-refractivity contribution is -0.111. The average molecular weight is 379 g/mol. The maximum absolute atomic E-state index is 12.4. The highest BCUT2D eigenvalue weighted by molar-refractivity contribution is 7.16. The van der Waals surface area contributed by atoms with Gasteiger partial charge in [0, 0.05) is 11.0 Å². The van der Waals surface area contributed by atoms with Gasteiger partial charge in [0.2, 0.25) is 5.91 Å². The van der Waals surface area contributed by atoms with Gasteiger partial charge in [-0.2, -0.15) is 5.26 Å². The van der Waals surface area contributed by atoms with Crippen LogP contribution in [0.2, 0.25) is 0 Å². The normalized spacial score (nSPS) is 16.3. The summed E-state index contributed by atoms with van der Waals surface area (Å²) < 4.78 is 0. The number of nitrogens with zero attached hydrogens (tertiary/aromatic N) is 1. The van der Waals surface area contributed by atoms with Crippen LogP contribution >= 0.6 is 11.3 Å². The lowest BCUT2D eigenvalue weighted by Gasteiger charge is -2.20. The number of nitrogens with one attached hydrogen (secondary N) is 1. The number of nitriles is 1. The molecule has 1 heterocycles. The van der Waals surface area contributed by atoms with Crippen molar-refractivity contribution in [1.82, 2.24) is 0 Å². The Hall–Kier alpha value is -2.38. The fourth-order valence-corrected chi connectivity index (χ4v) is 4.84. The molecule has 0 spiro atoms. The van der Waals surface area contributed by atoms with Gasteiger partial charge in [0.15, 0.2) is 0 Å². The molecule has 0 aliphatic heterocycles. The molecule has 27 heavy (non-hydrogen) atoms. The van der Waals surface area contributed by atoms with Crippen molar-refractivity contribution in [3.8, 4) is 6.07 Å². The van der Waals surface area contributed by atoms with Crippen LogP contribution in [-0.4, -0.2) is 5.91 Å². The summed E-state index contributed by atoms with van der Waals surface area (Å²) in [6.07, 6.45) is 7.62. The van der Waals surface area contributed by atoms with Crippen LogP contribution in [0.3, 0.4) is 0 Å². The zero-order chi connectivity index (χ0) is 19.4. The van der Waals surface area contributed by atoms with E-state index in [4.69, 9.17) is 0 Å². The lowest BCUT2D eigenvalue weighted by Crippen LogP contribution is -2.12. The van der Waals surface area contributed by atoms with Crippen molar-refractivity contribution in [1.29, 1.82) is 5.26 Å². The number of amides is 1. The van der Waals surface area contributed by atoms with E-state index in [0.29, 0.717) is 22.4 Å². The summed E-state index contributed by atoms with van der Waals surface area (Å²) in [4.78, 5) is 13.6. The molecular weight excluding hydrogens is 352 g/mol. The molecule has 0 fully saturated rings. The molecule has 0 bridgehead atoms. The molecular formula is C23H26N2OS. The van der Waals surface area contributed by atoms with Crippen LogP contribution in [0.15, 0.2) is 30.3 Å². The van der Waals surface area contributed by atoms with Crippen LogP contribution in [0.25, 0.3) is 6.08 Å². The predicted octanol–water partition coefficient (Wildman–Crippen LogP) is 5.91. The van der Waals surface area contributed by atoms with Gasteiger partial charge in [-0.15, -0.1) is 11.3 Å². The van der Waals surface area contributed by atoms with Crippen molar-refractivity contribution in [2.75, 3.05) is 5.32 Å². The molecule has 0 saturated carbocycles.